The Morgan fingerprint density at radius 1 is 0.304 bits per heavy atom. The van der Waals surface area contributed by atoms with Crippen molar-refractivity contribution >= 4 is 120 Å². The fourth-order valence-corrected chi connectivity index (χ4v) is 9.03. The molecule has 210 valence electrons. The Morgan fingerprint density at radius 2 is 0.739 bits per heavy atom. The molecule has 0 amide bonds. The van der Waals surface area contributed by atoms with Gasteiger partial charge < -0.3 is 17.6 Å². The maximum absolute atomic E-state index is 6.54. The molecule has 0 aliphatic rings. The molecule has 0 aliphatic carbocycles. The first-order valence-electron chi connectivity index (χ1n) is 15.8. The molecule has 0 aliphatic heterocycles. The van der Waals surface area contributed by atoms with Crippen molar-refractivity contribution in [3.8, 4) is 0 Å². The predicted octanol–water partition coefficient (Wildman–Crippen LogP) is 11.8. The van der Waals surface area contributed by atoms with Gasteiger partial charge in [0.15, 0.2) is 0 Å². The van der Waals surface area contributed by atoms with E-state index in [1.807, 2.05) is 0 Å². The van der Waals surface area contributed by atoms with E-state index in [1.54, 1.807) is 0 Å². The molecule has 7 aromatic carbocycles. The van der Waals surface area contributed by atoms with Crippen LogP contribution in [0.1, 0.15) is 0 Å². The number of para-hydroxylation sites is 4. The van der Waals surface area contributed by atoms with Crippen molar-refractivity contribution in [2.75, 3.05) is 0 Å². The highest BCUT2D eigenvalue weighted by atomic mass is 16.3. The van der Waals surface area contributed by atoms with Gasteiger partial charge in [-0.2, -0.15) is 0 Å². The number of furan rings is 2. The van der Waals surface area contributed by atoms with Gasteiger partial charge >= 0.3 is 0 Å². The van der Waals surface area contributed by atoms with E-state index in [1.165, 1.54) is 87.0 Å². The molecule has 0 saturated carbocycles. The highest BCUT2D eigenvalue weighted by molar-refractivity contribution is 6.38. The largest absolute Gasteiger partial charge is 0.456 e. The second-order valence-corrected chi connectivity index (χ2v) is 12.8. The minimum absolute atomic E-state index is 0.926. The van der Waals surface area contributed by atoms with Crippen LogP contribution < -0.4 is 0 Å². The molecule has 0 atom stereocenters. The van der Waals surface area contributed by atoms with Crippen LogP contribution in [-0.4, -0.2) is 8.80 Å². The van der Waals surface area contributed by atoms with Crippen LogP contribution >= 0.6 is 0 Å². The predicted molar refractivity (Wildman–Crippen MR) is 190 cm³/mol. The molecule has 6 aromatic heterocycles. The lowest BCUT2D eigenvalue weighted by atomic mass is 10.00. The monoisotopic (exact) mass is 584 g/mol. The van der Waals surface area contributed by atoms with Crippen LogP contribution in [0.5, 0.6) is 0 Å². The molecule has 0 N–H and O–H groups in total. The van der Waals surface area contributed by atoms with E-state index < -0.39 is 0 Å². The van der Waals surface area contributed by atoms with Gasteiger partial charge in [-0.05, 0) is 48.5 Å². The smallest absolute Gasteiger partial charge is 0.136 e. The second-order valence-electron chi connectivity index (χ2n) is 12.8. The number of rotatable bonds is 0. The summed E-state index contributed by atoms with van der Waals surface area (Å²) in [5.74, 6) is 0. The van der Waals surface area contributed by atoms with Gasteiger partial charge in [-0.15, -0.1) is 0 Å². The minimum Gasteiger partial charge on any atom is -0.456 e. The fraction of sp³-hybridized carbons (Fsp3) is 0. The molecular weight excluding hydrogens is 564 g/mol. The second kappa shape index (κ2) is 7.17. The van der Waals surface area contributed by atoms with E-state index in [0.717, 1.165) is 33.1 Å². The third-order valence-corrected chi connectivity index (χ3v) is 10.7. The fourth-order valence-electron chi connectivity index (χ4n) is 9.03. The first kappa shape index (κ1) is 22.3. The van der Waals surface area contributed by atoms with Crippen LogP contribution in [0.4, 0.5) is 0 Å². The molecule has 0 fully saturated rings. The van der Waals surface area contributed by atoms with Gasteiger partial charge in [-0.1, -0.05) is 72.8 Å². The normalized spacial score (nSPS) is 13.2. The van der Waals surface area contributed by atoms with Gasteiger partial charge in [0, 0.05) is 64.6 Å². The number of hydrogen-bond donors (Lipinski definition) is 0. The molecule has 46 heavy (non-hydrogen) atoms. The molecule has 13 rings (SSSR count). The van der Waals surface area contributed by atoms with Crippen molar-refractivity contribution in [1.82, 2.24) is 8.80 Å². The average molecular weight is 585 g/mol. The third kappa shape index (κ3) is 2.27. The quantitative estimate of drug-likeness (QED) is 0.178. The van der Waals surface area contributed by atoms with Gasteiger partial charge in [-0.3, -0.25) is 0 Å². The maximum atomic E-state index is 6.54. The lowest BCUT2D eigenvalue weighted by Gasteiger charge is -2.02. The first-order chi connectivity index (χ1) is 22.8. The molecule has 13 aromatic rings. The lowest BCUT2D eigenvalue weighted by molar-refractivity contribution is 0.669. The standard InChI is InChI=1S/C42H20N2O2/c1-5-13-29-21(9-1)39-37-23-11-3-7-15-33(23)45-35(37)18-27-25-17-26-28-19-36-38(24-12-4-8-16-34(24)46-36)40-22-10-2-6-14-30(22)44(42(28)40)32(26)20-31(25)43(29)41(27)39/h1-20H. The highest BCUT2D eigenvalue weighted by Gasteiger charge is 2.26. The summed E-state index contributed by atoms with van der Waals surface area (Å²) in [7, 11) is 0. The Hall–Kier alpha value is -6.26. The van der Waals surface area contributed by atoms with Crippen LogP contribution in [0.2, 0.25) is 0 Å². The molecule has 0 bridgehead atoms. The lowest BCUT2D eigenvalue weighted by Crippen LogP contribution is -1.83. The molecular formula is C42H20N2O2. The van der Waals surface area contributed by atoms with Gasteiger partial charge in [0.25, 0.3) is 0 Å². The number of hydrogen-bond acceptors (Lipinski definition) is 2. The zero-order valence-electron chi connectivity index (χ0n) is 24.3. The zero-order valence-corrected chi connectivity index (χ0v) is 24.3. The summed E-state index contributed by atoms with van der Waals surface area (Å²) >= 11 is 0. The number of nitrogens with zero attached hydrogens (tertiary/aromatic N) is 2. The zero-order chi connectivity index (χ0) is 29.4. The van der Waals surface area contributed by atoms with Crippen molar-refractivity contribution < 1.29 is 8.83 Å². The molecule has 4 heteroatoms. The molecule has 4 nitrogen and oxygen atoms in total. The van der Waals surface area contributed by atoms with Crippen molar-refractivity contribution in [2.45, 2.75) is 0 Å². The number of benzene rings is 7. The summed E-state index contributed by atoms with van der Waals surface area (Å²) in [6.45, 7) is 0. The summed E-state index contributed by atoms with van der Waals surface area (Å²) < 4.78 is 18.0. The summed E-state index contributed by atoms with van der Waals surface area (Å²) in [6.07, 6.45) is 0. The van der Waals surface area contributed by atoms with E-state index in [-0.39, 0.29) is 0 Å². The topological polar surface area (TPSA) is 35.1 Å². The van der Waals surface area contributed by atoms with Gasteiger partial charge in [0.05, 0.1) is 33.1 Å². The Morgan fingerprint density at radius 3 is 1.24 bits per heavy atom. The van der Waals surface area contributed by atoms with Gasteiger partial charge in [-0.25, -0.2) is 0 Å². The number of aromatic nitrogens is 2. The van der Waals surface area contributed by atoms with Crippen LogP contribution in [0, 0.1) is 0 Å². The maximum Gasteiger partial charge on any atom is 0.136 e. The summed E-state index contributed by atoms with van der Waals surface area (Å²) in [6, 6.07) is 43.8. The number of fused-ring (bicyclic) bond motifs is 20. The van der Waals surface area contributed by atoms with Gasteiger partial charge in [0.2, 0.25) is 0 Å². The van der Waals surface area contributed by atoms with E-state index in [0.29, 0.717) is 0 Å². The minimum atomic E-state index is 0.926. The average Bonchev–Trinajstić information content (AvgIpc) is 3.92. The Balaban J connectivity index is 1.32. The molecule has 6 heterocycles. The molecule has 0 spiro atoms. The van der Waals surface area contributed by atoms with E-state index >= 15 is 0 Å². The third-order valence-electron chi connectivity index (χ3n) is 10.7. The molecule has 0 unspecified atom stereocenters. The Labute approximate surface area is 258 Å². The van der Waals surface area contributed by atoms with Crippen LogP contribution in [0.15, 0.2) is 130 Å². The van der Waals surface area contributed by atoms with E-state index in [4.69, 9.17) is 8.83 Å². The van der Waals surface area contributed by atoms with Crippen molar-refractivity contribution in [1.29, 1.82) is 0 Å². The van der Waals surface area contributed by atoms with Gasteiger partial charge in [0.1, 0.15) is 22.3 Å². The highest BCUT2D eigenvalue weighted by Crippen LogP contribution is 2.50. The summed E-state index contributed by atoms with van der Waals surface area (Å²) in [5, 5.41) is 14.7. The SMILES string of the molecule is c1ccc2c(c1)oc1cc3c4cc5c6cc7oc8ccccc8c7c7c8ccccc8n(c5cc4n4c5ccccc5c(c12)c34)c67. The van der Waals surface area contributed by atoms with Crippen LogP contribution in [0.3, 0.4) is 0 Å². The van der Waals surface area contributed by atoms with E-state index in [2.05, 4.69) is 130 Å². The van der Waals surface area contributed by atoms with Crippen molar-refractivity contribution in [3.63, 3.8) is 0 Å². The Bertz CT molecular complexity index is 3250. The summed E-state index contributed by atoms with van der Waals surface area (Å²) in [5.41, 5.74) is 11.1. The van der Waals surface area contributed by atoms with Crippen molar-refractivity contribution in [3.05, 3.63) is 121 Å². The van der Waals surface area contributed by atoms with Crippen molar-refractivity contribution in [2.24, 2.45) is 0 Å². The molecule has 0 radical (unpaired) electrons. The van der Waals surface area contributed by atoms with Crippen LogP contribution in [-0.2, 0) is 0 Å². The Kier molecular flexibility index (Phi) is 3.47. The summed E-state index contributed by atoms with van der Waals surface area (Å²) in [4.78, 5) is 0. The van der Waals surface area contributed by atoms with E-state index in [9.17, 15) is 0 Å². The first-order valence-corrected chi connectivity index (χ1v) is 15.8. The molecule has 0 saturated heterocycles. The van der Waals surface area contributed by atoms with Crippen LogP contribution in [0.25, 0.3) is 120 Å².